The highest BCUT2D eigenvalue weighted by Gasteiger charge is 2.06. The van der Waals surface area contributed by atoms with Crippen LogP contribution in [-0.2, 0) is 0 Å². The fraction of sp³-hybridized carbons (Fsp3) is 0.333. The minimum absolute atomic E-state index is 0.190. The van der Waals surface area contributed by atoms with Crippen LogP contribution in [0.2, 0.25) is 0 Å². The van der Waals surface area contributed by atoms with Crippen molar-refractivity contribution in [2.45, 2.75) is 13.0 Å². The Kier molecular flexibility index (Phi) is 1.26. The molecule has 1 aliphatic carbocycles. The quantitative estimate of drug-likeness (QED) is 0.426. The summed E-state index contributed by atoms with van der Waals surface area (Å²) < 4.78 is 0. The van der Waals surface area contributed by atoms with Crippen LogP contribution in [0.5, 0.6) is 0 Å². The first-order chi connectivity index (χ1) is 3.72. The fourth-order valence-electron chi connectivity index (χ4n) is 0.787. The molecule has 1 rings (SSSR count). The van der Waals surface area contributed by atoms with Gasteiger partial charge in [-0.25, -0.2) is 0 Å². The van der Waals surface area contributed by atoms with Gasteiger partial charge >= 0.3 is 0 Å². The molecule has 0 saturated carbocycles. The molecule has 0 bridgehead atoms. The molecule has 1 unspecified atom stereocenters. The fourth-order valence-corrected chi connectivity index (χ4v) is 0.787. The first kappa shape index (κ1) is 5.64. The second-order valence-electron chi connectivity index (χ2n) is 2.25. The largest absolute Gasteiger partial charge is 0.321 e. The van der Waals surface area contributed by atoms with E-state index in [1.54, 1.807) is 0 Å². The average molecular weight is 107 g/mol. The minimum atomic E-state index is 0.190. The van der Waals surface area contributed by atoms with Gasteiger partial charge in [0, 0.05) is 6.04 Å². The molecule has 2 heteroatoms. The summed E-state index contributed by atoms with van der Waals surface area (Å²) in [6.07, 6.45) is 4.09. The van der Waals surface area contributed by atoms with Crippen molar-refractivity contribution >= 4 is 7.85 Å². The second kappa shape index (κ2) is 1.79. The van der Waals surface area contributed by atoms with E-state index in [1.807, 2.05) is 6.08 Å². The van der Waals surface area contributed by atoms with Crippen molar-refractivity contribution in [3.63, 3.8) is 0 Å². The van der Waals surface area contributed by atoms with Gasteiger partial charge in [-0.1, -0.05) is 23.2 Å². The molecule has 0 aromatic rings. The van der Waals surface area contributed by atoms with E-state index in [0.29, 0.717) is 0 Å². The lowest BCUT2D eigenvalue weighted by atomic mass is 9.93. The van der Waals surface area contributed by atoms with E-state index in [-0.39, 0.29) is 6.04 Å². The molecular formula is C6H10BN. The van der Waals surface area contributed by atoms with Crippen LogP contribution in [0.15, 0.2) is 23.2 Å². The van der Waals surface area contributed by atoms with Crippen molar-refractivity contribution in [3.05, 3.63) is 23.2 Å². The number of rotatable bonds is 0. The Labute approximate surface area is 50.7 Å². The molecule has 1 nitrogen and oxygen atoms in total. The monoisotopic (exact) mass is 107 g/mol. The molecule has 0 radical (unpaired) electrons. The van der Waals surface area contributed by atoms with Crippen LogP contribution in [0.4, 0.5) is 0 Å². The molecule has 0 aromatic heterocycles. The Morgan fingerprint density at radius 2 is 2.38 bits per heavy atom. The molecule has 0 spiro atoms. The van der Waals surface area contributed by atoms with E-state index in [1.165, 1.54) is 11.0 Å². The van der Waals surface area contributed by atoms with E-state index >= 15 is 0 Å². The van der Waals surface area contributed by atoms with Crippen molar-refractivity contribution < 1.29 is 0 Å². The van der Waals surface area contributed by atoms with Crippen LogP contribution in [0, 0.1) is 0 Å². The lowest BCUT2D eigenvalue weighted by molar-refractivity contribution is 0.967. The van der Waals surface area contributed by atoms with Gasteiger partial charge in [0.05, 0.1) is 0 Å². The number of hydrogen-bond acceptors (Lipinski definition) is 1. The van der Waals surface area contributed by atoms with E-state index in [4.69, 9.17) is 5.73 Å². The van der Waals surface area contributed by atoms with Crippen LogP contribution in [0.1, 0.15) is 6.92 Å². The van der Waals surface area contributed by atoms with Gasteiger partial charge < -0.3 is 5.73 Å². The van der Waals surface area contributed by atoms with E-state index < -0.39 is 0 Å². The van der Waals surface area contributed by atoms with Crippen LogP contribution < -0.4 is 5.73 Å². The van der Waals surface area contributed by atoms with Crippen LogP contribution in [-0.4, -0.2) is 13.9 Å². The lowest BCUT2D eigenvalue weighted by Crippen LogP contribution is -2.15. The molecular weight excluding hydrogens is 96.9 g/mol. The first-order valence-electron chi connectivity index (χ1n) is 2.83. The van der Waals surface area contributed by atoms with E-state index in [9.17, 15) is 0 Å². The Bertz CT molecular complexity index is 158. The SMILES string of the molecule is BC1=C(C)C(N)C=C1. The highest BCUT2D eigenvalue weighted by molar-refractivity contribution is 6.24. The molecule has 1 atom stereocenters. The smallest absolute Gasteiger partial charge is 0.139 e. The third-order valence-corrected chi connectivity index (χ3v) is 1.68. The predicted octanol–water partition coefficient (Wildman–Crippen LogP) is -0.209. The Morgan fingerprint density at radius 1 is 1.75 bits per heavy atom. The van der Waals surface area contributed by atoms with Gasteiger partial charge in [-0.3, -0.25) is 0 Å². The molecule has 0 heterocycles. The molecule has 42 valence electrons. The average Bonchev–Trinajstić information content (AvgIpc) is 1.98. The number of allylic oxidation sites excluding steroid dienone is 2. The summed E-state index contributed by atoms with van der Waals surface area (Å²) in [5.41, 5.74) is 8.24. The Balaban J connectivity index is 2.85. The predicted molar refractivity (Wildman–Crippen MR) is 38.4 cm³/mol. The van der Waals surface area contributed by atoms with Gasteiger partial charge in [-0.15, -0.1) is 0 Å². The first-order valence-corrected chi connectivity index (χ1v) is 2.83. The van der Waals surface area contributed by atoms with Crippen molar-refractivity contribution in [3.8, 4) is 0 Å². The summed E-state index contributed by atoms with van der Waals surface area (Å²) in [5, 5.41) is 0. The zero-order valence-electron chi connectivity index (χ0n) is 5.31. The van der Waals surface area contributed by atoms with Crippen LogP contribution >= 0.6 is 0 Å². The molecule has 0 aromatic carbocycles. The van der Waals surface area contributed by atoms with Gasteiger partial charge in [-0.2, -0.15) is 0 Å². The van der Waals surface area contributed by atoms with Gasteiger partial charge in [0.25, 0.3) is 0 Å². The molecule has 1 aliphatic rings. The van der Waals surface area contributed by atoms with Gasteiger partial charge in [0.15, 0.2) is 0 Å². The summed E-state index contributed by atoms with van der Waals surface area (Å²) in [7, 11) is 2.08. The Morgan fingerprint density at radius 3 is 2.50 bits per heavy atom. The molecule has 0 saturated heterocycles. The second-order valence-corrected chi connectivity index (χ2v) is 2.25. The van der Waals surface area contributed by atoms with Crippen molar-refractivity contribution in [2.24, 2.45) is 5.73 Å². The third kappa shape index (κ3) is 0.714. The van der Waals surface area contributed by atoms with Crippen LogP contribution in [0.3, 0.4) is 0 Å². The maximum atomic E-state index is 5.62. The highest BCUT2D eigenvalue weighted by atomic mass is 14.6. The summed E-state index contributed by atoms with van der Waals surface area (Å²) >= 11 is 0. The van der Waals surface area contributed by atoms with E-state index in [2.05, 4.69) is 20.8 Å². The summed E-state index contributed by atoms with van der Waals surface area (Å²) in [4.78, 5) is 0. The summed E-state index contributed by atoms with van der Waals surface area (Å²) in [6.45, 7) is 2.07. The molecule has 2 N–H and O–H groups in total. The van der Waals surface area contributed by atoms with Gasteiger partial charge in [0.1, 0.15) is 7.85 Å². The molecule has 0 amide bonds. The topological polar surface area (TPSA) is 26.0 Å². The lowest BCUT2D eigenvalue weighted by Gasteiger charge is -2.00. The van der Waals surface area contributed by atoms with Crippen molar-refractivity contribution in [2.75, 3.05) is 0 Å². The molecule has 8 heavy (non-hydrogen) atoms. The van der Waals surface area contributed by atoms with E-state index in [0.717, 1.165) is 0 Å². The Hall–Kier alpha value is -0.495. The summed E-state index contributed by atoms with van der Waals surface area (Å²) in [5.74, 6) is 0. The normalized spacial score (nSPS) is 27.5. The zero-order valence-corrected chi connectivity index (χ0v) is 5.31. The molecule has 0 aliphatic heterocycles. The molecule has 0 fully saturated rings. The standard InChI is InChI=1S/C6H10BN/c1-4-5(7)2-3-6(4)8/h2-3,6H,7-8H2,1H3. The van der Waals surface area contributed by atoms with Crippen molar-refractivity contribution in [1.82, 2.24) is 0 Å². The maximum absolute atomic E-state index is 5.62. The van der Waals surface area contributed by atoms with Gasteiger partial charge in [0.2, 0.25) is 0 Å². The van der Waals surface area contributed by atoms with Crippen molar-refractivity contribution in [1.29, 1.82) is 0 Å². The zero-order chi connectivity index (χ0) is 6.15. The highest BCUT2D eigenvalue weighted by Crippen LogP contribution is 2.13. The number of nitrogens with two attached hydrogens (primary N) is 1. The number of hydrogen-bond donors (Lipinski definition) is 1. The summed E-state index contributed by atoms with van der Waals surface area (Å²) in [6, 6.07) is 0.190. The maximum Gasteiger partial charge on any atom is 0.139 e. The minimum Gasteiger partial charge on any atom is -0.321 e. The van der Waals surface area contributed by atoms with Gasteiger partial charge in [-0.05, 0) is 6.92 Å². The van der Waals surface area contributed by atoms with Crippen LogP contribution in [0.25, 0.3) is 0 Å². The third-order valence-electron chi connectivity index (χ3n) is 1.68.